The van der Waals surface area contributed by atoms with Crippen molar-refractivity contribution in [1.29, 1.82) is 0 Å². The number of hydrogen-bond acceptors (Lipinski definition) is 6. The Morgan fingerprint density at radius 1 is 1.38 bits per heavy atom. The van der Waals surface area contributed by atoms with Crippen molar-refractivity contribution in [1.82, 2.24) is 15.3 Å². The normalized spacial score (nSPS) is 17.8. The smallest absolute Gasteiger partial charge is 0.258 e. The number of benzene rings is 1. The molecule has 3 heterocycles. The lowest BCUT2D eigenvalue weighted by atomic mass is 10.0. The number of para-hydroxylation sites is 1. The van der Waals surface area contributed by atoms with Crippen LogP contribution in [0.1, 0.15) is 22.2 Å². The Kier molecular flexibility index (Phi) is 4.20. The molecule has 6 nitrogen and oxygen atoms in total. The highest BCUT2D eigenvalue weighted by Gasteiger charge is 2.21. The van der Waals surface area contributed by atoms with Crippen LogP contribution in [0.4, 0.5) is 5.13 Å². The number of nitrogens with zero attached hydrogens (tertiary/aromatic N) is 2. The molecule has 1 aromatic carbocycles. The van der Waals surface area contributed by atoms with Crippen molar-refractivity contribution in [3.63, 3.8) is 0 Å². The lowest BCUT2D eigenvalue weighted by Gasteiger charge is -2.24. The predicted octanol–water partition coefficient (Wildman–Crippen LogP) is 2.60. The number of anilines is 1. The Morgan fingerprint density at radius 2 is 2.29 bits per heavy atom. The molecule has 1 amide bonds. The Labute approximate surface area is 142 Å². The highest BCUT2D eigenvalue weighted by molar-refractivity contribution is 7.13. The molecule has 0 saturated carbocycles. The van der Waals surface area contributed by atoms with Gasteiger partial charge in [0.2, 0.25) is 0 Å². The molecule has 2 aromatic heterocycles. The Bertz CT molecular complexity index is 860. The van der Waals surface area contributed by atoms with Crippen LogP contribution in [-0.4, -0.2) is 35.6 Å². The van der Waals surface area contributed by atoms with E-state index in [9.17, 15) is 4.79 Å². The van der Waals surface area contributed by atoms with Gasteiger partial charge in [-0.1, -0.05) is 18.2 Å². The fourth-order valence-electron chi connectivity index (χ4n) is 2.75. The SMILES string of the molecule is O=C(Nc1nccs1)c1cc(C2CNCCO2)nc2ccccc12. The van der Waals surface area contributed by atoms with E-state index < -0.39 is 0 Å². The van der Waals surface area contributed by atoms with E-state index in [-0.39, 0.29) is 12.0 Å². The fourth-order valence-corrected chi connectivity index (χ4v) is 3.28. The van der Waals surface area contributed by atoms with E-state index in [4.69, 9.17) is 4.74 Å². The molecule has 1 unspecified atom stereocenters. The zero-order valence-electron chi connectivity index (χ0n) is 12.9. The number of thiazole rings is 1. The van der Waals surface area contributed by atoms with Crippen LogP contribution in [-0.2, 0) is 4.74 Å². The molecule has 7 heteroatoms. The Balaban J connectivity index is 1.75. The second-order valence-corrected chi connectivity index (χ2v) is 6.36. The van der Waals surface area contributed by atoms with Crippen LogP contribution in [0.25, 0.3) is 10.9 Å². The number of carbonyl (C=O) groups excluding carboxylic acids is 1. The highest BCUT2D eigenvalue weighted by Crippen LogP contribution is 2.25. The Hall–Kier alpha value is -2.35. The molecular weight excluding hydrogens is 324 g/mol. The lowest BCUT2D eigenvalue weighted by molar-refractivity contribution is 0.0252. The van der Waals surface area contributed by atoms with Crippen LogP contribution in [0.3, 0.4) is 0 Å². The van der Waals surface area contributed by atoms with Gasteiger partial charge in [-0.2, -0.15) is 0 Å². The third-order valence-electron chi connectivity index (χ3n) is 3.89. The van der Waals surface area contributed by atoms with Gasteiger partial charge in [-0.3, -0.25) is 10.1 Å². The summed E-state index contributed by atoms with van der Waals surface area (Å²) in [5.74, 6) is -0.187. The largest absolute Gasteiger partial charge is 0.369 e. The van der Waals surface area contributed by atoms with Gasteiger partial charge in [0.1, 0.15) is 6.10 Å². The van der Waals surface area contributed by atoms with E-state index in [1.165, 1.54) is 11.3 Å². The van der Waals surface area contributed by atoms with Crippen molar-refractivity contribution in [3.05, 3.63) is 53.2 Å². The summed E-state index contributed by atoms with van der Waals surface area (Å²) < 4.78 is 5.79. The monoisotopic (exact) mass is 340 g/mol. The predicted molar refractivity (Wildman–Crippen MR) is 93.4 cm³/mol. The minimum Gasteiger partial charge on any atom is -0.369 e. The van der Waals surface area contributed by atoms with Crippen LogP contribution in [0, 0.1) is 0 Å². The molecule has 24 heavy (non-hydrogen) atoms. The van der Waals surface area contributed by atoms with Gasteiger partial charge in [-0.05, 0) is 12.1 Å². The molecule has 1 fully saturated rings. The first-order chi connectivity index (χ1) is 11.8. The van der Waals surface area contributed by atoms with Gasteiger partial charge < -0.3 is 10.1 Å². The van der Waals surface area contributed by atoms with E-state index in [2.05, 4.69) is 20.6 Å². The summed E-state index contributed by atoms with van der Waals surface area (Å²) in [7, 11) is 0. The molecule has 1 atom stereocenters. The van der Waals surface area contributed by atoms with E-state index in [0.717, 1.165) is 23.1 Å². The summed E-state index contributed by atoms with van der Waals surface area (Å²) >= 11 is 1.39. The van der Waals surface area contributed by atoms with E-state index in [1.807, 2.05) is 35.7 Å². The number of aromatic nitrogens is 2. The molecule has 0 aliphatic carbocycles. The molecule has 1 aliphatic rings. The van der Waals surface area contributed by atoms with Crippen molar-refractivity contribution < 1.29 is 9.53 Å². The van der Waals surface area contributed by atoms with Gasteiger partial charge in [-0.25, -0.2) is 9.97 Å². The van der Waals surface area contributed by atoms with Gasteiger partial charge >= 0.3 is 0 Å². The zero-order valence-corrected chi connectivity index (χ0v) is 13.7. The van der Waals surface area contributed by atoms with Crippen molar-refractivity contribution in [2.45, 2.75) is 6.10 Å². The van der Waals surface area contributed by atoms with E-state index in [1.54, 1.807) is 6.20 Å². The standard InChI is InChI=1S/C17H16N4O2S/c22-16(21-17-19-6-8-24-17)12-9-14(15-10-18-5-7-23-15)20-13-4-2-1-3-11(12)13/h1-4,6,8-9,15,18H,5,7,10H2,(H,19,21,22). The van der Waals surface area contributed by atoms with Crippen molar-refractivity contribution in [2.75, 3.05) is 25.0 Å². The number of pyridine rings is 1. The number of amides is 1. The summed E-state index contributed by atoms with van der Waals surface area (Å²) in [5.41, 5.74) is 2.14. The third-order valence-corrected chi connectivity index (χ3v) is 4.58. The minimum absolute atomic E-state index is 0.144. The third kappa shape index (κ3) is 3.01. The fraction of sp³-hybridized carbons (Fsp3) is 0.235. The van der Waals surface area contributed by atoms with Crippen LogP contribution < -0.4 is 10.6 Å². The first kappa shape index (κ1) is 15.2. The van der Waals surface area contributed by atoms with Crippen LogP contribution in [0.15, 0.2) is 41.9 Å². The second kappa shape index (κ2) is 6.64. The van der Waals surface area contributed by atoms with Gasteiger partial charge in [-0.15, -0.1) is 11.3 Å². The van der Waals surface area contributed by atoms with Crippen molar-refractivity contribution in [2.24, 2.45) is 0 Å². The van der Waals surface area contributed by atoms with Crippen LogP contribution in [0.5, 0.6) is 0 Å². The molecule has 2 N–H and O–H groups in total. The molecule has 0 spiro atoms. The maximum atomic E-state index is 12.7. The first-order valence-corrected chi connectivity index (χ1v) is 8.62. The van der Waals surface area contributed by atoms with Gasteiger partial charge in [0.15, 0.2) is 5.13 Å². The topological polar surface area (TPSA) is 76.1 Å². The highest BCUT2D eigenvalue weighted by atomic mass is 32.1. The van der Waals surface area contributed by atoms with Gasteiger partial charge in [0.05, 0.1) is 23.4 Å². The molecule has 1 saturated heterocycles. The molecule has 0 bridgehead atoms. The maximum absolute atomic E-state index is 12.7. The van der Waals surface area contributed by atoms with E-state index in [0.29, 0.717) is 23.8 Å². The quantitative estimate of drug-likeness (QED) is 0.766. The summed E-state index contributed by atoms with van der Waals surface area (Å²) in [6, 6.07) is 9.46. The minimum atomic E-state index is -0.187. The van der Waals surface area contributed by atoms with Crippen molar-refractivity contribution in [3.8, 4) is 0 Å². The molecule has 122 valence electrons. The number of fused-ring (bicyclic) bond motifs is 1. The van der Waals surface area contributed by atoms with Crippen molar-refractivity contribution >= 4 is 33.3 Å². The molecule has 4 rings (SSSR count). The Morgan fingerprint density at radius 3 is 3.08 bits per heavy atom. The number of hydrogen-bond donors (Lipinski definition) is 2. The van der Waals surface area contributed by atoms with Crippen LogP contribution in [0.2, 0.25) is 0 Å². The molecular formula is C17H16N4O2S. The number of nitrogens with one attached hydrogen (secondary N) is 2. The molecule has 0 radical (unpaired) electrons. The molecule has 1 aliphatic heterocycles. The number of morpholine rings is 1. The summed E-state index contributed by atoms with van der Waals surface area (Å²) in [6.07, 6.45) is 1.52. The number of rotatable bonds is 3. The maximum Gasteiger partial charge on any atom is 0.258 e. The zero-order chi connectivity index (χ0) is 16.4. The van der Waals surface area contributed by atoms with Gasteiger partial charge in [0, 0.05) is 30.1 Å². The van der Waals surface area contributed by atoms with Gasteiger partial charge in [0.25, 0.3) is 5.91 Å². The van der Waals surface area contributed by atoms with E-state index >= 15 is 0 Å². The average molecular weight is 340 g/mol. The lowest BCUT2D eigenvalue weighted by Crippen LogP contribution is -2.34. The summed E-state index contributed by atoms with van der Waals surface area (Å²) in [5, 5.41) is 9.36. The number of carbonyl (C=O) groups is 1. The summed E-state index contributed by atoms with van der Waals surface area (Å²) in [6.45, 7) is 2.17. The number of ether oxygens (including phenoxy) is 1. The summed E-state index contributed by atoms with van der Waals surface area (Å²) in [4.78, 5) is 21.5. The molecule has 3 aromatic rings. The first-order valence-electron chi connectivity index (χ1n) is 7.74. The average Bonchev–Trinajstić information content (AvgIpc) is 3.14. The second-order valence-electron chi connectivity index (χ2n) is 5.47. The van der Waals surface area contributed by atoms with Crippen LogP contribution >= 0.6 is 11.3 Å².